The molecule has 0 saturated carbocycles. The summed E-state index contributed by atoms with van der Waals surface area (Å²) in [5.74, 6) is -0.415. The SMILES string of the molecule is C[C@@H](C(=O)NC(N)=O)N1CCO[C@@H](c2ccccc2Cl)C1. The maximum atomic E-state index is 11.8. The van der Waals surface area contributed by atoms with Crippen molar-refractivity contribution >= 4 is 23.5 Å². The molecule has 0 aliphatic carbocycles. The summed E-state index contributed by atoms with van der Waals surface area (Å²) in [7, 11) is 0. The van der Waals surface area contributed by atoms with Crippen LogP contribution in [0.1, 0.15) is 18.6 Å². The number of carbonyl (C=O) groups is 2. The second-order valence-electron chi connectivity index (χ2n) is 4.91. The first-order valence-electron chi connectivity index (χ1n) is 6.69. The highest BCUT2D eigenvalue weighted by molar-refractivity contribution is 6.31. The van der Waals surface area contributed by atoms with E-state index in [0.717, 1.165) is 5.56 Å². The van der Waals surface area contributed by atoms with E-state index in [0.29, 0.717) is 24.7 Å². The van der Waals surface area contributed by atoms with Crippen molar-refractivity contribution in [2.75, 3.05) is 19.7 Å². The van der Waals surface area contributed by atoms with Gasteiger partial charge in [-0.1, -0.05) is 29.8 Å². The number of hydrogen-bond acceptors (Lipinski definition) is 4. The third-order valence-corrected chi connectivity index (χ3v) is 3.87. The number of carbonyl (C=O) groups excluding carboxylic acids is 2. The third-order valence-electron chi connectivity index (χ3n) is 3.52. The number of urea groups is 1. The van der Waals surface area contributed by atoms with Gasteiger partial charge >= 0.3 is 6.03 Å². The van der Waals surface area contributed by atoms with Gasteiger partial charge in [0.05, 0.1) is 18.8 Å². The highest BCUT2D eigenvalue weighted by Gasteiger charge is 2.29. The van der Waals surface area contributed by atoms with Gasteiger partial charge in [-0.2, -0.15) is 0 Å². The topological polar surface area (TPSA) is 84.7 Å². The fourth-order valence-electron chi connectivity index (χ4n) is 2.34. The molecule has 0 bridgehead atoms. The zero-order valence-corrected chi connectivity index (χ0v) is 12.5. The molecular weight excluding hydrogens is 294 g/mol. The van der Waals surface area contributed by atoms with E-state index in [-0.39, 0.29) is 6.10 Å². The van der Waals surface area contributed by atoms with E-state index in [2.05, 4.69) is 5.32 Å². The number of hydrogen-bond donors (Lipinski definition) is 2. The van der Waals surface area contributed by atoms with E-state index in [9.17, 15) is 9.59 Å². The number of nitrogens with zero attached hydrogens (tertiary/aromatic N) is 1. The molecule has 2 rings (SSSR count). The Balaban J connectivity index is 2.05. The van der Waals surface area contributed by atoms with E-state index in [1.54, 1.807) is 6.92 Å². The molecule has 21 heavy (non-hydrogen) atoms. The van der Waals surface area contributed by atoms with Crippen LogP contribution in [0.25, 0.3) is 0 Å². The average molecular weight is 312 g/mol. The van der Waals surface area contributed by atoms with Crippen molar-refractivity contribution < 1.29 is 14.3 Å². The van der Waals surface area contributed by atoms with Crippen LogP contribution in [-0.2, 0) is 9.53 Å². The van der Waals surface area contributed by atoms with Crippen LogP contribution < -0.4 is 11.1 Å². The van der Waals surface area contributed by atoms with Crippen LogP contribution in [0.5, 0.6) is 0 Å². The molecule has 6 nitrogen and oxygen atoms in total. The van der Waals surface area contributed by atoms with Crippen LogP contribution in [0.2, 0.25) is 5.02 Å². The highest BCUT2D eigenvalue weighted by Crippen LogP contribution is 2.28. The quantitative estimate of drug-likeness (QED) is 0.881. The summed E-state index contributed by atoms with van der Waals surface area (Å²) in [5.41, 5.74) is 5.86. The molecule has 3 amide bonds. The number of primary amides is 1. The molecule has 1 aliphatic rings. The summed E-state index contributed by atoms with van der Waals surface area (Å²) >= 11 is 6.18. The smallest absolute Gasteiger partial charge is 0.318 e. The minimum absolute atomic E-state index is 0.198. The predicted octanol–water partition coefficient (Wildman–Crippen LogP) is 1.30. The first-order chi connectivity index (χ1) is 9.99. The number of morpholine rings is 1. The minimum atomic E-state index is -0.845. The predicted molar refractivity (Wildman–Crippen MR) is 78.9 cm³/mol. The van der Waals surface area contributed by atoms with Gasteiger partial charge in [-0.3, -0.25) is 15.0 Å². The average Bonchev–Trinajstić information content (AvgIpc) is 2.46. The monoisotopic (exact) mass is 311 g/mol. The lowest BCUT2D eigenvalue weighted by molar-refractivity contribution is -0.128. The van der Waals surface area contributed by atoms with Gasteiger partial charge in [-0.15, -0.1) is 0 Å². The maximum Gasteiger partial charge on any atom is 0.318 e. The first-order valence-corrected chi connectivity index (χ1v) is 7.07. The van der Waals surface area contributed by atoms with Crippen LogP contribution in [0, 0.1) is 0 Å². The summed E-state index contributed by atoms with van der Waals surface area (Å²) in [6, 6.07) is 6.16. The molecule has 7 heteroatoms. The lowest BCUT2D eigenvalue weighted by Gasteiger charge is -2.36. The number of nitrogens with one attached hydrogen (secondary N) is 1. The summed E-state index contributed by atoms with van der Waals surface area (Å²) in [6.45, 7) is 3.35. The van der Waals surface area contributed by atoms with Gasteiger partial charge in [0.15, 0.2) is 0 Å². The molecule has 0 aromatic heterocycles. The molecule has 0 spiro atoms. The highest BCUT2D eigenvalue weighted by atomic mass is 35.5. The Morgan fingerprint density at radius 1 is 1.48 bits per heavy atom. The standard InChI is InChI=1S/C14H18ClN3O3/c1-9(13(19)17-14(16)20)18-6-7-21-12(8-18)10-4-2-3-5-11(10)15/h2-5,9,12H,6-8H2,1H3,(H3,16,17,19,20)/t9-,12+/m0/s1. The van der Waals surface area contributed by atoms with Crippen molar-refractivity contribution in [3.8, 4) is 0 Å². The van der Waals surface area contributed by atoms with Crippen LogP contribution in [0.3, 0.4) is 0 Å². The Hall–Kier alpha value is -1.63. The Labute approximate surface area is 128 Å². The van der Waals surface area contributed by atoms with E-state index in [1.807, 2.05) is 29.2 Å². The van der Waals surface area contributed by atoms with Crippen LogP contribution in [0.15, 0.2) is 24.3 Å². The molecule has 114 valence electrons. The second-order valence-corrected chi connectivity index (χ2v) is 5.31. The number of imide groups is 1. The van der Waals surface area contributed by atoms with Crippen LogP contribution in [0.4, 0.5) is 4.79 Å². The number of amides is 3. The molecule has 0 unspecified atom stereocenters. The van der Waals surface area contributed by atoms with Crippen molar-refractivity contribution in [2.24, 2.45) is 5.73 Å². The molecule has 1 heterocycles. The van der Waals surface area contributed by atoms with Gasteiger partial charge in [0.2, 0.25) is 5.91 Å². The molecule has 2 atom stereocenters. The normalized spacial score (nSPS) is 20.8. The van der Waals surface area contributed by atoms with Gasteiger partial charge < -0.3 is 10.5 Å². The van der Waals surface area contributed by atoms with Crippen LogP contribution in [-0.4, -0.2) is 42.6 Å². The lowest BCUT2D eigenvalue weighted by atomic mass is 10.1. The lowest BCUT2D eigenvalue weighted by Crippen LogP contribution is -2.52. The van der Waals surface area contributed by atoms with Crippen molar-refractivity contribution in [3.63, 3.8) is 0 Å². The summed E-state index contributed by atoms with van der Waals surface area (Å²) in [6.07, 6.45) is -0.198. The Kier molecular flexibility index (Phi) is 5.17. The number of halogens is 1. The zero-order chi connectivity index (χ0) is 15.4. The van der Waals surface area contributed by atoms with Gasteiger partial charge in [0, 0.05) is 23.7 Å². The largest absolute Gasteiger partial charge is 0.371 e. The Morgan fingerprint density at radius 2 is 2.19 bits per heavy atom. The van der Waals surface area contributed by atoms with Gasteiger partial charge in [0.25, 0.3) is 0 Å². The van der Waals surface area contributed by atoms with Crippen molar-refractivity contribution in [1.29, 1.82) is 0 Å². The third kappa shape index (κ3) is 3.93. The summed E-state index contributed by atoms with van der Waals surface area (Å²) in [4.78, 5) is 24.5. The number of ether oxygens (including phenoxy) is 1. The van der Waals surface area contributed by atoms with E-state index < -0.39 is 18.0 Å². The van der Waals surface area contributed by atoms with Crippen molar-refractivity contribution in [1.82, 2.24) is 10.2 Å². The molecule has 0 radical (unpaired) electrons. The minimum Gasteiger partial charge on any atom is -0.371 e. The van der Waals surface area contributed by atoms with E-state index >= 15 is 0 Å². The van der Waals surface area contributed by atoms with Crippen molar-refractivity contribution in [2.45, 2.75) is 19.1 Å². The van der Waals surface area contributed by atoms with Gasteiger partial charge in [-0.25, -0.2) is 4.79 Å². The summed E-state index contributed by atoms with van der Waals surface area (Å²) < 4.78 is 5.74. The summed E-state index contributed by atoms with van der Waals surface area (Å²) in [5, 5.41) is 2.73. The molecule has 3 N–H and O–H groups in total. The molecule has 1 aliphatic heterocycles. The first kappa shape index (κ1) is 15.8. The second kappa shape index (κ2) is 6.89. The fourth-order valence-corrected chi connectivity index (χ4v) is 2.59. The van der Waals surface area contributed by atoms with Gasteiger partial charge in [0.1, 0.15) is 0 Å². The Bertz CT molecular complexity index is 538. The molecule has 1 aromatic carbocycles. The van der Waals surface area contributed by atoms with Crippen LogP contribution >= 0.6 is 11.6 Å². The zero-order valence-electron chi connectivity index (χ0n) is 11.7. The van der Waals surface area contributed by atoms with E-state index in [4.69, 9.17) is 22.1 Å². The van der Waals surface area contributed by atoms with E-state index in [1.165, 1.54) is 0 Å². The van der Waals surface area contributed by atoms with Gasteiger partial charge in [-0.05, 0) is 13.0 Å². The maximum absolute atomic E-state index is 11.8. The number of benzene rings is 1. The molecular formula is C14H18ClN3O3. The van der Waals surface area contributed by atoms with Crippen molar-refractivity contribution in [3.05, 3.63) is 34.9 Å². The molecule has 1 saturated heterocycles. The molecule has 1 fully saturated rings. The number of nitrogens with two attached hydrogens (primary N) is 1. The number of rotatable bonds is 3. The Morgan fingerprint density at radius 3 is 2.86 bits per heavy atom. The molecule has 1 aromatic rings. The fraction of sp³-hybridized carbons (Fsp3) is 0.429.